The van der Waals surface area contributed by atoms with E-state index in [4.69, 9.17) is 9.47 Å². The third-order valence-electron chi connectivity index (χ3n) is 4.47. The van der Waals surface area contributed by atoms with Crippen LogP contribution < -0.4 is 9.47 Å². The van der Waals surface area contributed by atoms with E-state index in [9.17, 15) is 14.4 Å². The van der Waals surface area contributed by atoms with Crippen LogP contribution >= 0.6 is 0 Å². The van der Waals surface area contributed by atoms with Gasteiger partial charge in [0, 0.05) is 25.9 Å². The van der Waals surface area contributed by atoms with Crippen LogP contribution in [0.25, 0.3) is 0 Å². The minimum Gasteiger partial charge on any atom is -0.493 e. The molecule has 2 heterocycles. The highest BCUT2D eigenvalue weighted by Gasteiger charge is 2.42. The highest BCUT2D eigenvalue weighted by atomic mass is 16.5. The first-order valence-corrected chi connectivity index (χ1v) is 7.87. The Bertz CT molecular complexity index is 666. The van der Waals surface area contributed by atoms with Crippen LogP contribution in [-0.4, -0.2) is 60.9 Å². The van der Waals surface area contributed by atoms with Crippen molar-refractivity contribution in [3.05, 3.63) is 23.8 Å². The lowest BCUT2D eigenvalue weighted by molar-refractivity contribution is -0.151. The van der Waals surface area contributed by atoms with Crippen molar-refractivity contribution < 1.29 is 23.9 Å². The fourth-order valence-corrected chi connectivity index (χ4v) is 3.10. The van der Waals surface area contributed by atoms with Gasteiger partial charge in [-0.25, -0.2) is 0 Å². The van der Waals surface area contributed by atoms with Crippen LogP contribution in [0.2, 0.25) is 0 Å². The van der Waals surface area contributed by atoms with E-state index in [0.717, 1.165) is 5.56 Å². The zero-order chi connectivity index (χ0) is 17.3. The van der Waals surface area contributed by atoms with Crippen molar-refractivity contribution >= 4 is 17.7 Å². The molecule has 7 nitrogen and oxygen atoms in total. The minimum absolute atomic E-state index is 0.0300. The van der Waals surface area contributed by atoms with E-state index in [-0.39, 0.29) is 43.0 Å². The van der Waals surface area contributed by atoms with Crippen molar-refractivity contribution in [3.8, 4) is 11.5 Å². The number of likely N-dealkylation sites (tertiary alicyclic amines) is 2. The summed E-state index contributed by atoms with van der Waals surface area (Å²) in [6, 6.07) is 5.20. The molecule has 0 spiro atoms. The van der Waals surface area contributed by atoms with E-state index in [0.29, 0.717) is 24.6 Å². The summed E-state index contributed by atoms with van der Waals surface area (Å²) in [6.45, 7) is 0.840. The zero-order valence-electron chi connectivity index (χ0n) is 13.8. The average molecular weight is 332 g/mol. The average Bonchev–Trinajstić information content (AvgIpc) is 2.85. The van der Waals surface area contributed by atoms with E-state index in [1.54, 1.807) is 31.3 Å². The molecule has 0 bridgehead atoms. The number of hydrogen-bond donors (Lipinski definition) is 0. The number of carbonyl (C=O) groups is 3. The van der Waals surface area contributed by atoms with Gasteiger partial charge in [-0.2, -0.15) is 0 Å². The predicted octanol–water partition coefficient (Wildman–Crippen LogP) is 0.606. The van der Waals surface area contributed by atoms with Crippen LogP contribution in [0.5, 0.6) is 11.5 Å². The number of ether oxygens (including phenoxy) is 2. The number of imide groups is 1. The Hall–Kier alpha value is -2.57. The van der Waals surface area contributed by atoms with Crippen molar-refractivity contribution in [1.29, 1.82) is 0 Å². The number of carbonyl (C=O) groups excluding carboxylic acids is 3. The molecule has 7 heteroatoms. The fraction of sp³-hybridized carbons (Fsp3) is 0.471. The van der Waals surface area contributed by atoms with Gasteiger partial charge >= 0.3 is 0 Å². The van der Waals surface area contributed by atoms with Gasteiger partial charge in [0.05, 0.1) is 26.7 Å². The summed E-state index contributed by atoms with van der Waals surface area (Å²) >= 11 is 0. The second kappa shape index (κ2) is 6.51. The molecule has 0 radical (unpaired) electrons. The Balaban J connectivity index is 1.57. The van der Waals surface area contributed by atoms with E-state index in [1.807, 2.05) is 6.07 Å². The minimum atomic E-state index is -0.165. The molecule has 0 aliphatic carbocycles. The molecule has 2 aliphatic heterocycles. The monoisotopic (exact) mass is 332 g/mol. The van der Waals surface area contributed by atoms with E-state index >= 15 is 0 Å². The summed E-state index contributed by atoms with van der Waals surface area (Å²) in [5.41, 5.74) is 0.828. The van der Waals surface area contributed by atoms with Gasteiger partial charge in [0.2, 0.25) is 17.7 Å². The van der Waals surface area contributed by atoms with Crippen LogP contribution in [0.4, 0.5) is 0 Å². The van der Waals surface area contributed by atoms with Crippen LogP contribution in [0, 0.1) is 0 Å². The second-order valence-electron chi connectivity index (χ2n) is 5.98. The quantitative estimate of drug-likeness (QED) is 0.738. The summed E-state index contributed by atoms with van der Waals surface area (Å²) in [5, 5.41) is 0. The predicted molar refractivity (Wildman–Crippen MR) is 84.7 cm³/mol. The first kappa shape index (κ1) is 16.3. The maximum atomic E-state index is 12.3. The molecule has 128 valence electrons. The Morgan fingerprint density at radius 3 is 2.29 bits per heavy atom. The largest absolute Gasteiger partial charge is 0.493 e. The summed E-state index contributed by atoms with van der Waals surface area (Å²) in [6.07, 6.45) is 0.818. The molecule has 1 aromatic rings. The van der Waals surface area contributed by atoms with Crippen molar-refractivity contribution in [2.24, 2.45) is 0 Å². The maximum absolute atomic E-state index is 12.3. The molecule has 0 saturated carbocycles. The van der Waals surface area contributed by atoms with Gasteiger partial charge in [0.1, 0.15) is 0 Å². The third-order valence-corrected chi connectivity index (χ3v) is 4.47. The molecule has 1 aromatic carbocycles. The summed E-state index contributed by atoms with van der Waals surface area (Å²) in [7, 11) is 3.11. The molecule has 2 saturated heterocycles. The van der Waals surface area contributed by atoms with Crippen LogP contribution in [0.15, 0.2) is 18.2 Å². The van der Waals surface area contributed by atoms with Crippen LogP contribution in [0.1, 0.15) is 18.4 Å². The fourth-order valence-electron chi connectivity index (χ4n) is 3.10. The zero-order valence-corrected chi connectivity index (χ0v) is 13.8. The molecule has 3 rings (SSSR count). The van der Waals surface area contributed by atoms with Gasteiger partial charge in [-0.1, -0.05) is 6.07 Å². The van der Waals surface area contributed by atoms with Gasteiger partial charge in [-0.15, -0.1) is 0 Å². The molecule has 2 aliphatic rings. The van der Waals surface area contributed by atoms with Crippen molar-refractivity contribution in [2.45, 2.75) is 25.3 Å². The number of amides is 3. The standard InChI is InChI=1S/C17H20N2O5/c1-23-13-4-3-11(7-14(13)24-2)8-17(22)18-9-12(10-18)19-15(20)5-6-16(19)21/h3-4,7,12H,5-6,8-10H2,1-2H3. The Morgan fingerprint density at radius 2 is 1.71 bits per heavy atom. The molecule has 3 amide bonds. The number of hydrogen-bond acceptors (Lipinski definition) is 5. The van der Waals surface area contributed by atoms with Crippen molar-refractivity contribution in [1.82, 2.24) is 9.80 Å². The summed E-state index contributed by atoms with van der Waals surface area (Å²) < 4.78 is 10.4. The van der Waals surface area contributed by atoms with Gasteiger partial charge in [0.15, 0.2) is 11.5 Å². The Kier molecular flexibility index (Phi) is 4.42. The number of nitrogens with zero attached hydrogens (tertiary/aromatic N) is 2. The van der Waals surface area contributed by atoms with Crippen molar-refractivity contribution in [3.63, 3.8) is 0 Å². The highest BCUT2D eigenvalue weighted by Crippen LogP contribution is 2.28. The van der Waals surface area contributed by atoms with Crippen LogP contribution in [0.3, 0.4) is 0 Å². The summed E-state index contributed by atoms with van der Waals surface area (Å²) in [4.78, 5) is 38.7. The molecule has 2 fully saturated rings. The second-order valence-corrected chi connectivity index (χ2v) is 5.98. The normalized spacial score (nSPS) is 17.9. The molecule has 24 heavy (non-hydrogen) atoms. The highest BCUT2D eigenvalue weighted by molar-refractivity contribution is 6.02. The molecular formula is C17H20N2O5. The topological polar surface area (TPSA) is 76.2 Å². The molecule has 0 N–H and O–H groups in total. The van der Waals surface area contributed by atoms with Crippen LogP contribution in [-0.2, 0) is 20.8 Å². The van der Waals surface area contributed by atoms with Gasteiger partial charge in [-0.3, -0.25) is 19.3 Å². The van der Waals surface area contributed by atoms with E-state index in [1.165, 1.54) is 4.90 Å². The van der Waals surface area contributed by atoms with Gasteiger partial charge in [0.25, 0.3) is 0 Å². The van der Waals surface area contributed by atoms with Gasteiger partial charge < -0.3 is 14.4 Å². The first-order chi connectivity index (χ1) is 11.5. The maximum Gasteiger partial charge on any atom is 0.230 e. The smallest absolute Gasteiger partial charge is 0.230 e. The lowest BCUT2D eigenvalue weighted by atomic mass is 10.0. The van der Waals surface area contributed by atoms with E-state index in [2.05, 4.69) is 0 Å². The Labute approximate surface area is 140 Å². The number of benzene rings is 1. The molecular weight excluding hydrogens is 312 g/mol. The molecule has 0 aromatic heterocycles. The lowest BCUT2D eigenvalue weighted by Gasteiger charge is -2.43. The first-order valence-electron chi connectivity index (χ1n) is 7.87. The number of rotatable bonds is 5. The SMILES string of the molecule is COc1ccc(CC(=O)N2CC(N3C(=O)CCC3=O)C2)cc1OC. The molecule has 0 unspecified atom stereocenters. The van der Waals surface area contributed by atoms with Gasteiger partial charge in [-0.05, 0) is 17.7 Å². The number of methoxy groups -OCH3 is 2. The molecule has 0 atom stereocenters. The summed E-state index contributed by atoms with van der Waals surface area (Å²) in [5.74, 6) is 0.910. The van der Waals surface area contributed by atoms with E-state index < -0.39 is 0 Å². The van der Waals surface area contributed by atoms with Crippen molar-refractivity contribution in [2.75, 3.05) is 27.3 Å². The third kappa shape index (κ3) is 2.93. The lowest BCUT2D eigenvalue weighted by Crippen LogP contribution is -2.62. The Morgan fingerprint density at radius 1 is 1.08 bits per heavy atom.